The van der Waals surface area contributed by atoms with E-state index >= 15 is 0 Å². The van der Waals surface area contributed by atoms with E-state index in [2.05, 4.69) is 10.6 Å². The lowest BCUT2D eigenvalue weighted by atomic mass is 9.91. The van der Waals surface area contributed by atoms with Crippen LogP contribution in [0.2, 0.25) is 5.02 Å². The molecule has 0 saturated carbocycles. The number of rotatable bonds is 6. The number of hydrogen-bond donors (Lipinski definition) is 2. The van der Waals surface area contributed by atoms with Gasteiger partial charge in [-0.3, -0.25) is 9.59 Å². The molecule has 2 amide bonds. The summed E-state index contributed by atoms with van der Waals surface area (Å²) in [6.07, 6.45) is -4.65. The minimum atomic E-state index is -4.65. The van der Waals surface area contributed by atoms with Gasteiger partial charge in [0.05, 0.1) is 17.2 Å². The molecule has 0 aromatic heterocycles. The molecule has 0 aliphatic heterocycles. The van der Waals surface area contributed by atoms with Crippen LogP contribution in [-0.2, 0) is 20.5 Å². The molecule has 24 heavy (non-hydrogen) atoms. The maximum Gasteiger partial charge on any atom is 0.417 e. The Labute approximate surface area is 142 Å². The van der Waals surface area contributed by atoms with E-state index in [-0.39, 0.29) is 18.8 Å². The minimum absolute atomic E-state index is 0.102. The van der Waals surface area contributed by atoms with Gasteiger partial charge < -0.3 is 15.4 Å². The van der Waals surface area contributed by atoms with Crippen LogP contribution in [0.5, 0.6) is 0 Å². The SMILES string of the molecule is COCCNC(=O)C(C)(C)C(=O)Nc1ccc(Cl)c(C(F)(F)F)c1. The molecule has 1 aromatic rings. The topological polar surface area (TPSA) is 67.4 Å². The van der Waals surface area contributed by atoms with Gasteiger partial charge in [-0.1, -0.05) is 11.6 Å². The van der Waals surface area contributed by atoms with E-state index in [1.54, 1.807) is 0 Å². The van der Waals surface area contributed by atoms with E-state index < -0.39 is 34.0 Å². The number of carbonyl (C=O) groups is 2. The summed E-state index contributed by atoms with van der Waals surface area (Å²) in [4.78, 5) is 24.3. The van der Waals surface area contributed by atoms with E-state index in [1.807, 2.05) is 0 Å². The average Bonchev–Trinajstić information content (AvgIpc) is 2.48. The first-order chi connectivity index (χ1) is 11.0. The van der Waals surface area contributed by atoms with Gasteiger partial charge in [0.25, 0.3) is 0 Å². The second kappa shape index (κ2) is 7.85. The van der Waals surface area contributed by atoms with Crippen molar-refractivity contribution in [2.24, 2.45) is 5.41 Å². The highest BCUT2D eigenvalue weighted by molar-refractivity contribution is 6.31. The first kappa shape index (κ1) is 20.2. The lowest BCUT2D eigenvalue weighted by molar-refractivity contribution is -0.139. The number of anilines is 1. The fraction of sp³-hybridized carbons (Fsp3) is 0.467. The number of ether oxygens (including phenoxy) is 1. The minimum Gasteiger partial charge on any atom is -0.383 e. The zero-order valence-electron chi connectivity index (χ0n) is 13.4. The predicted molar refractivity (Wildman–Crippen MR) is 83.8 cm³/mol. The van der Waals surface area contributed by atoms with E-state index in [4.69, 9.17) is 16.3 Å². The zero-order chi connectivity index (χ0) is 18.5. The van der Waals surface area contributed by atoms with Gasteiger partial charge in [-0.15, -0.1) is 0 Å². The molecule has 0 radical (unpaired) electrons. The van der Waals surface area contributed by atoms with E-state index in [0.29, 0.717) is 0 Å². The molecule has 0 aliphatic carbocycles. The highest BCUT2D eigenvalue weighted by Crippen LogP contribution is 2.36. The molecule has 0 aliphatic rings. The standard InChI is InChI=1S/C15H18ClF3N2O3/c1-14(2,12(22)20-6-7-24-3)13(23)21-9-4-5-11(16)10(8-9)15(17,18)19/h4-5,8H,6-7H2,1-3H3,(H,20,22)(H,21,23). The fourth-order valence-corrected chi connectivity index (χ4v) is 1.92. The largest absolute Gasteiger partial charge is 0.417 e. The summed E-state index contributed by atoms with van der Waals surface area (Å²) in [5, 5.41) is 4.34. The van der Waals surface area contributed by atoms with Gasteiger partial charge >= 0.3 is 6.18 Å². The van der Waals surface area contributed by atoms with Gasteiger partial charge in [-0.05, 0) is 32.0 Å². The number of carbonyl (C=O) groups excluding carboxylic acids is 2. The predicted octanol–water partition coefficient (Wildman–Crippen LogP) is 3.09. The Morgan fingerprint density at radius 2 is 1.83 bits per heavy atom. The van der Waals surface area contributed by atoms with Crippen molar-refractivity contribution in [2.75, 3.05) is 25.6 Å². The second-order valence-corrected chi connectivity index (χ2v) is 5.93. The molecule has 9 heteroatoms. The van der Waals surface area contributed by atoms with Gasteiger partial charge in [0.1, 0.15) is 5.41 Å². The molecule has 0 bridgehead atoms. The third-order valence-electron chi connectivity index (χ3n) is 3.26. The first-order valence-electron chi connectivity index (χ1n) is 6.95. The molecule has 0 atom stereocenters. The van der Waals surface area contributed by atoms with E-state index in [0.717, 1.165) is 12.1 Å². The third-order valence-corrected chi connectivity index (χ3v) is 3.59. The van der Waals surface area contributed by atoms with Crippen molar-refractivity contribution >= 4 is 29.1 Å². The van der Waals surface area contributed by atoms with Gasteiger partial charge in [0.15, 0.2) is 0 Å². The third kappa shape index (κ3) is 5.10. The van der Waals surface area contributed by atoms with Gasteiger partial charge in [0.2, 0.25) is 11.8 Å². The normalized spacial score (nSPS) is 12.0. The number of hydrogen-bond acceptors (Lipinski definition) is 3. The number of halogens is 4. The lowest BCUT2D eigenvalue weighted by Crippen LogP contribution is -2.46. The number of benzene rings is 1. The molecule has 1 aromatic carbocycles. The van der Waals surface area contributed by atoms with Crippen LogP contribution < -0.4 is 10.6 Å². The summed E-state index contributed by atoms with van der Waals surface area (Å²) >= 11 is 5.52. The molecule has 1 rings (SSSR count). The number of nitrogens with one attached hydrogen (secondary N) is 2. The Kier molecular flexibility index (Phi) is 6.62. The summed E-state index contributed by atoms with van der Waals surface area (Å²) in [6.45, 7) is 3.22. The molecular weight excluding hydrogens is 349 g/mol. The maximum atomic E-state index is 12.8. The average molecular weight is 367 g/mol. The molecule has 134 valence electrons. The maximum absolute atomic E-state index is 12.8. The summed E-state index contributed by atoms with van der Waals surface area (Å²) in [7, 11) is 1.46. The van der Waals surface area contributed by atoms with Gasteiger partial charge in [-0.2, -0.15) is 13.2 Å². The summed E-state index contributed by atoms with van der Waals surface area (Å²) < 4.78 is 43.3. The van der Waals surface area contributed by atoms with Crippen molar-refractivity contribution in [1.82, 2.24) is 5.32 Å². The zero-order valence-corrected chi connectivity index (χ0v) is 14.1. The van der Waals surface area contributed by atoms with Crippen LogP contribution >= 0.6 is 11.6 Å². The fourth-order valence-electron chi connectivity index (χ4n) is 1.70. The van der Waals surface area contributed by atoms with Crippen LogP contribution in [0.25, 0.3) is 0 Å². The van der Waals surface area contributed by atoms with Crippen molar-refractivity contribution in [1.29, 1.82) is 0 Å². The van der Waals surface area contributed by atoms with Gasteiger partial charge in [0, 0.05) is 19.3 Å². The lowest BCUT2D eigenvalue weighted by Gasteiger charge is -2.23. The monoisotopic (exact) mass is 366 g/mol. The van der Waals surface area contributed by atoms with Crippen LogP contribution in [0.4, 0.5) is 18.9 Å². The van der Waals surface area contributed by atoms with E-state index in [9.17, 15) is 22.8 Å². The van der Waals surface area contributed by atoms with Crippen LogP contribution in [0.1, 0.15) is 19.4 Å². The molecule has 0 fully saturated rings. The van der Waals surface area contributed by atoms with E-state index in [1.165, 1.54) is 27.0 Å². The highest BCUT2D eigenvalue weighted by atomic mass is 35.5. The van der Waals surface area contributed by atoms with Crippen molar-refractivity contribution in [2.45, 2.75) is 20.0 Å². The smallest absolute Gasteiger partial charge is 0.383 e. The summed E-state index contributed by atoms with van der Waals surface area (Å²) in [5.41, 5.74) is -2.65. The van der Waals surface area contributed by atoms with Crippen LogP contribution in [0.3, 0.4) is 0 Å². The Balaban J connectivity index is 2.88. The first-order valence-corrected chi connectivity index (χ1v) is 7.33. The number of methoxy groups -OCH3 is 1. The quantitative estimate of drug-likeness (QED) is 0.600. The van der Waals surface area contributed by atoms with Crippen molar-refractivity contribution in [3.63, 3.8) is 0 Å². The van der Waals surface area contributed by atoms with Crippen LogP contribution in [0, 0.1) is 5.41 Å². The Morgan fingerprint density at radius 3 is 2.38 bits per heavy atom. The molecule has 5 nitrogen and oxygen atoms in total. The van der Waals surface area contributed by atoms with Crippen molar-refractivity contribution in [3.05, 3.63) is 28.8 Å². The Hall–Kier alpha value is -1.80. The Morgan fingerprint density at radius 1 is 1.21 bits per heavy atom. The molecule has 2 N–H and O–H groups in total. The molecule has 0 spiro atoms. The Bertz CT molecular complexity index is 618. The number of alkyl halides is 3. The number of amides is 2. The molecule has 0 unspecified atom stereocenters. The molecule has 0 saturated heterocycles. The molecular formula is C15H18ClF3N2O3. The summed E-state index contributed by atoms with van der Waals surface area (Å²) in [6, 6.07) is 2.99. The molecule has 0 heterocycles. The highest BCUT2D eigenvalue weighted by Gasteiger charge is 2.37. The van der Waals surface area contributed by atoms with Crippen molar-refractivity contribution in [3.8, 4) is 0 Å². The second-order valence-electron chi connectivity index (χ2n) is 5.52. The van der Waals surface area contributed by atoms with Gasteiger partial charge in [-0.25, -0.2) is 0 Å². The summed E-state index contributed by atoms with van der Waals surface area (Å²) in [5.74, 6) is -1.31. The van der Waals surface area contributed by atoms with Crippen LogP contribution in [0.15, 0.2) is 18.2 Å². The van der Waals surface area contributed by atoms with Crippen molar-refractivity contribution < 1.29 is 27.5 Å². The van der Waals surface area contributed by atoms with Crippen LogP contribution in [-0.4, -0.2) is 32.1 Å².